The van der Waals surface area contributed by atoms with E-state index >= 15 is 0 Å². The fourth-order valence-corrected chi connectivity index (χ4v) is 2.69. The Bertz CT molecular complexity index is 671. The fourth-order valence-electron chi connectivity index (χ4n) is 2.69. The Morgan fingerprint density at radius 1 is 1.45 bits per heavy atom. The van der Waals surface area contributed by atoms with Gasteiger partial charge >= 0.3 is 0 Å². The molecule has 1 unspecified atom stereocenters. The van der Waals surface area contributed by atoms with Gasteiger partial charge in [-0.05, 0) is 31.0 Å². The number of halogens is 1. The molecule has 0 spiro atoms. The molecule has 1 saturated heterocycles. The maximum atomic E-state index is 13.8. The van der Waals surface area contributed by atoms with Crippen molar-refractivity contribution < 1.29 is 9.18 Å². The lowest BCUT2D eigenvalue weighted by Crippen LogP contribution is -2.48. The first-order valence-corrected chi connectivity index (χ1v) is 7.29. The number of amides is 1. The molecule has 0 aromatic carbocycles. The molecule has 6 nitrogen and oxygen atoms in total. The molecule has 1 amide bonds. The van der Waals surface area contributed by atoms with Crippen LogP contribution in [0.2, 0.25) is 0 Å². The van der Waals surface area contributed by atoms with Gasteiger partial charge in [0.05, 0.1) is 0 Å². The van der Waals surface area contributed by atoms with Crippen molar-refractivity contribution in [2.45, 2.75) is 18.9 Å². The van der Waals surface area contributed by atoms with Crippen molar-refractivity contribution in [3.8, 4) is 0 Å². The minimum absolute atomic E-state index is 0.0373. The zero-order valence-corrected chi connectivity index (χ0v) is 12.4. The Kier molecular flexibility index (Phi) is 4.04. The minimum atomic E-state index is -0.334. The standard InChI is InChI=1S/C15H18FN5O/c1-20-9-6-13(19-20)15(22)18-11-4-3-8-21(10-11)14-12(16)5-2-7-17-14/h2,5-7,9,11H,3-4,8,10H2,1H3,(H,18,22). The van der Waals surface area contributed by atoms with Gasteiger partial charge in [-0.1, -0.05) is 0 Å². The maximum Gasteiger partial charge on any atom is 0.272 e. The van der Waals surface area contributed by atoms with E-state index < -0.39 is 0 Å². The van der Waals surface area contributed by atoms with E-state index in [1.54, 1.807) is 36.3 Å². The predicted molar refractivity (Wildman–Crippen MR) is 80.1 cm³/mol. The third kappa shape index (κ3) is 3.08. The average molecular weight is 303 g/mol. The van der Waals surface area contributed by atoms with Crippen LogP contribution in [0.15, 0.2) is 30.6 Å². The number of nitrogens with zero attached hydrogens (tertiary/aromatic N) is 4. The first-order chi connectivity index (χ1) is 10.6. The maximum absolute atomic E-state index is 13.8. The molecule has 1 aliphatic heterocycles. The number of carbonyl (C=O) groups excluding carboxylic acids is 1. The highest BCUT2D eigenvalue weighted by atomic mass is 19.1. The Morgan fingerprint density at radius 2 is 2.32 bits per heavy atom. The summed E-state index contributed by atoms with van der Waals surface area (Å²) in [6.45, 7) is 1.29. The first kappa shape index (κ1) is 14.5. The highest BCUT2D eigenvalue weighted by molar-refractivity contribution is 5.92. The van der Waals surface area contributed by atoms with Crippen LogP contribution in [0.5, 0.6) is 0 Å². The van der Waals surface area contributed by atoms with Crippen molar-refractivity contribution in [2.24, 2.45) is 7.05 Å². The van der Waals surface area contributed by atoms with Crippen molar-refractivity contribution >= 4 is 11.7 Å². The summed E-state index contributed by atoms with van der Waals surface area (Å²) in [6, 6.07) is 4.61. The van der Waals surface area contributed by atoms with E-state index in [9.17, 15) is 9.18 Å². The molecule has 2 aromatic heterocycles. The van der Waals surface area contributed by atoms with Crippen LogP contribution in [0.4, 0.5) is 10.2 Å². The molecule has 1 atom stereocenters. The SMILES string of the molecule is Cn1ccc(C(=O)NC2CCCN(c3ncccc3F)C2)n1. The summed E-state index contributed by atoms with van der Waals surface area (Å²) < 4.78 is 15.4. The Morgan fingerprint density at radius 3 is 3.05 bits per heavy atom. The van der Waals surface area contributed by atoms with Crippen LogP contribution in [0, 0.1) is 5.82 Å². The first-order valence-electron chi connectivity index (χ1n) is 7.29. The van der Waals surface area contributed by atoms with Gasteiger partial charge in [-0.15, -0.1) is 0 Å². The number of anilines is 1. The number of rotatable bonds is 3. The molecular weight excluding hydrogens is 285 g/mol. The molecule has 1 fully saturated rings. The Labute approximate surface area is 128 Å². The second-order valence-corrected chi connectivity index (χ2v) is 5.44. The number of piperidine rings is 1. The van der Waals surface area contributed by atoms with Gasteiger partial charge in [0.15, 0.2) is 11.6 Å². The summed E-state index contributed by atoms with van der Waals surface area (Å²) in [6.07, 6.45) is 5.05. The molecule has 1 aliphatic rings. The zero-order valence-electron chi connectivity index (χ0n) is 12.4. The highest BCUT2D eigenvalue weighted by Crippen LogP contribution is 2.20. The normalized spacial score (nSPS) is 18.3. The number of pyridine rings is 1. The fraction of sp³-hybridized carbons (Fsp3) is 0.400. The smallest absolute Gasteiger partial charge is 0.272 e. The molecular formula is C15H18FN5O. The lowest BCUT2D eigenvalue weighted by atomic mass is 10.1. The molecule has 1 N–H and O–H groups in total. The zero-order chi connectivity index (χ0) is 15.5. The van der Waals surface area contributed by atoms with Gasteiger partial charge in [0, 0.05) is 38.6 Å². The lowest BCUT2D eigenvalue weighted by Gasteiger charge is -2.33. The third-order valence-electron chi connectivity index (χ3n) is 3.74. The van der Waals surface area contributed by atoms with Crippen molar-refractivity contribution in [3.63, 3.8) is 0 Å². The molecule has 7 heteroatoms. The van der Waals surface area contributed by atoms with Gasteiger partial charge in [-0.25, -0.2) is 9.37 Å². The van der Waals surface area contributed by atoms with E-state index in [4.69, 9.17) is 0 Å². The number of nitrogens with one attached hydrogen (secondary N) is 1. The third-order valence-corrected chi connectivity index (χ3v) is 3.74. The number of aryl methyl sites for hydroxylation is 1. The van der Waals surface area contributed by atoms with Crippen molar-refractivity contribution in [1.82, 2.24) is 20.1 Å². The summed E-state index contributed by atoms with van der Waals surface area (Å²) in [5.41, 5.74) is 0.392. The summed E-state index contributed by atoms with van der Waals surface area (Å²) in [7, 11) is 1.77. The molecule has 0 aliphatic carbocycles. The van der Waals surface area contributed by atoms with Crippen LogP contribution in [0.1, 0.15) is 23.3 Å². The molecule has 2 aromatic rings. The number of carbonyl (C=O) groups is 1. The lowest BCUT2D eigenvalue weighted by molar-refractivity contribution is 0.0927. The highest BCUT2D eigenvalue weighted by Gasteiger charge is 2.24. The van der Waals surface area contributed by atoms with Gasteiger partial charge < -0.3 is 10.2 Å². The van der Waals surface area contributed by atoms with Crippen molar-refractivity contribution in [1.29, 1.82) is 0 Å². The number of hydrogen-bond donors (Lipinski definition) is 1. The summed E-state index contributed by atoms with van der Waals surface area (Å²) in [5, 5.41) is 7.05. The van der Waals surface area contributed by atoms with Gasteiger partial charge in [0.25, 0.3) is 5.91 Å². The molecule has 0 radical (unpaired) electrons. The minimum Gasteiger partial charge on any atom is -0.352 e. The van der Waals surface area contributed by atoms with E-state index in [1.165, 1.54) is 6.07 Å². The summed E-state index contributed by atoms with van der Waals surface area (Å²) in [4.78, 5) is 18.1. The summed E-state index contributed by atoms with van der Waals surface area (Å²) in [5.74, 6) is -0.188. The Balaban J connectivity index is 1.66. The van der Waals surface area contributed by atoms with Crippen molar-refractivity contribution in [3.05, 3.63) is 42.1 Å². The van der Waals surface area contributed by atoms with E-state index in [0.29, 0.717) is 18.1 Å². The van der Waals surface area contributed by atoms with E-state index in [2.05, 4.69) is 15.4 Å². The second-order valence-electron chi connectivity index (χ2n) is 5.44. The summed E-state index contributed by atoms with van der Waals surface area (Å²) >= 11 is 0. The Hall–Kier alpha value is -2.44. The predicted octanol–water partition coefficient (Wildman–Crippen LogP) is 1.35. The quantitative estimate of drug-likeness (QED) is 0.930. The second kappa shape index (κ2) is 6.13. The van der Waals surface area contributed by atoms with Gasteiger partial charge in [-0.3, -0.25) is 9.48 Å². The number of hydrogen-bond acceptors (Lipinski definition) is 4. The van der Waals surface area contributed by atoms with Gasteiger partial charge in [0.1, 0.15) is 5.69 Å². The van der Waals surface area contributed by atoms with Crippen LogP contribution >= 0.6 is 0 Å². The van der Waals surface area contributed by atoms with Crippen LogP contribution in [0.25, 0.3) is 0 Å². The van der Waals surface area contributed by atoms with Crippen LogP contribution in [-0.4, -0.2) is 39.8 Å². The van der Waals surface area contributed by atoms with Crippen LogP contribution < -0.4 is 10.2 Å². The molecule has 3 heterocycles. The molecule has 0 bridgehead atoms. The topological polar surface area (TPSA) is 63.1 Å². The van der Waals surface area contributed by atoms with E-state index in [-0.39, 0.29) is 17.8 Å². The average Bonchev–Trinajstić information content (AvgIpc) is 2.95. The number of aromatic nitrogens is 3. The molecule has 22 heavy (non-hydrogen) atoms. The van der Waals surface area contributed by atoms with E-state index in [0.717, 1.165) is 19.4 Å². The molecule has 116 valence electrons. The van der Waals surface area contributed by atoms with Crippen molar-refractivity contribution in [2.75, 3.05) is 18.0 Å². The van der Waals surface area contributed by atoms with Crippen LogP contribution in [0.3, 0.4) is 0 Å². The monoisotopic (exact) mass is 303 g/mol. The van der Waals surface area contributed by atoms with Gasteiger partial charge in [-0.2, -0.15) is 5.10 Å². The molecule has 0 saturated carbocycles. The van der Waals surface area contributed by atoms with Crippen LogP contribution in [-0.2, 0) is 7.05 Å². The molecule has 3 rings (SSSR count). The largest absolute Gasteiger partial charge is 0.352 e. The van der Waals surface area contributed by atoms with Gasteiger partial charge in [0.2, 0.25) is 0 Å². The van der Waals surface area contributed by atoms with E-state index in [1.807, 2.05) is 4.90 Å².